The smallest absolute Gasteiger partial charge is 0.0409 e. The lowest BCUT2D eigenvalue weighted by atomic mass is 9.65. The van der Waals surface area contributed by atoms with E-state index in [1.165, 1.54) is 58.2 Å². The van der Waals surface area contributed by atoms with E-state index in [0.717, 1.165) is 10.9 Å². The second-order valence-corrected chi connectivity index (χ2v) is 9.96. The standard InChI is InChI=1S/C25H28ClN/c26-18-10-11-19-21(12-18)24-15-27(14-17-6-2-1-3-7-17)16-25(24)13-22(19)20-8-4-5-9-23(20)25/h4-5,8-12,17,22,24H,1-3,6-7,13-16H2. The number of rotatable bonds is 2. The molecule has 0 N–H and O–H groups in total. The van der Waals surface area contributed by atoms with Gasteiger partial charge in [-0.2, -0.15) is 0 Å². The zero-order valence-corrected chi connectivity index (χ0v) is 16.7. The highest BCUT2D eigenvalue weighted by atomic mass is 35.5. The average Bonchev–Trinajstić information content (AvgIpc) is 3.20. The molecule has 1 saturated carbocycles. The van der Waals surface area contributed by atoms with Crippen LogP contribution >= 0.6 is 11.6 Å². The highest BCUT2D eigenvalue weighted by molar-refractivity contribution is 6.30. The van der Waals surface area contributed by atoms with Gasteiger partial charge in [-0.25, -0.2) is 0 Å². The summed E-state index contributed by atoms with van der Waals surface area (Å²) in [4.78, 5) is 2.82. The topological polar surface area (TPSA) is 3.24 Å². The summed E-state index contributed by atoms with van der Waals surface area (Å²) in [5.41, 5.74) is 6.63. The normalized spacial score (nSPS) is 32.2. The van der Waals surface area contributed by atoms with Crippen LogP contribution in [0.25, 0.3) is 0 Å². The Hall–Kier alpha value is -1.31. The minimum absolute atomic E-state index is 0.313. The molecule has 1 aliphatic heterocycles. The lowest BCUT2D eigenvalue weighted by Crippen LogP contribution is -2.35. The van der Waals surface area contributed by atoms with E-state index >= 15 is 0 Å². The monoisotopic (exact) mass is 377 g/mol. The number of hydrogen-bond acceptors (Lipinski definition) is 1. The van der Waals surface area contributed by atoms with Crippen molar-refractivity contribution in [1.82, 2.24) is 4.90 Å². The SMILES string of the molecule is Clc1ccc2c(c1)C1CN(CC3CCCCC3)CC13CC2c1ccccc13. The molecule has 27 heavy (non-hydrogen) atoms. The van der Waals surface area contributed by atoms with Crippen molar-refractivity contribution in [3.05, 3.63) is 69.7 Å². The molecular weight excluding hydrogens is 350 g/mol. The molecule has 140 valence electrons. The van der Waals surface area contributed by atoms with Crippen LogP contribution in [0.15, 0.2) is 42.5 Å². The van der Waals surface area contributed by atoms with Gasteiger partial charge in [0.1, 0.15) is 0 Å². The van der Waals surface area contributed by atoms with Crippen molar-refractivity contribution in [2.75, 3.05) is 19.6 Å². The van der Waals surface area contributed by atoms with Gasteiger partial charge in [-0.1, -0.05) is 61.2 Å². The predicted octanol–water partition coefficient (Wildman–Crippen LogP) is 6.11. The van der Waals surface area contributed by atoms with Crippen LogP contribution in [0, 0.1) is 5.92 Å². The number of fused-ring (bicyclic) bond motifs is 3. The second kappa shape index (κ2) is 6.09. The van der Waals surface area contributed by atoms with Crippen LogP contribution < -0.4 is 0 Å². The first-order chi connectivity index (χ1) is 13.2. The van der Waals surface area contributed by atoms with E-state index in [-0.39, 0.29) is 0 Å². The highest BCUT2D eigenvalue weighted by Crippen LogP contribution is 2.63. The Balaban J connectivity index is 1.43. The summed E-state index contributed by atoms with van der Waals surface area (Å²) >= 11 is 6.47. The van der Waals surface area contributed by atoms with E-state index in [1.54, 1.807) is 22.3 Å². The third-order valence-electron chi connectivity index (χ3n) is 8.10. The van der Waals surface area contributed by atoms with Gasteiger partial charge in [0.2, 0.25) is 0 Å². The maximum atomic E-state index is 6.47. The molecule has 4 aliphatic rings. The average molecular weight is 378 g/mol. The minimum atomic E-state index is 0.313. The lowest BCUT2D eigenvalue weighted by molar-refractivity contribution is 0.222. The second-order valence-electron chi connectivity index (χ2n) is 9.52. The van der Waals surface area contributed by atoms with E-state index in [4.69, 9.17) is 11.6 Å². The molecule has 2 aromatic rings. The van der Waals surface area contributed by atoms with Crippen molar-refractivity contribution in [2.45, 2.75) is 55.8 Å². The van der Waals surface area contributed by atoms with Gasteiger partial charge in [0.25, 0.3) is 0 Å². The first-order valence-corrected chi connectivity index (χ1v) is 11.2. The van der Waals surface area contributed by atoms with E-state index in [1.807, 2.05) is 0 Å². The number of benzene rings is 2. The van der Waals surface area contributed by atoms with Crippen LogP contribution in [-0.2, 0) is 5.41 Å². The maximum Gasteiger partial charge on any atom is 0.0409 e. The van der Waals surface area contributed by atoms with Gasteiger partial charge in [0.15, 0.2) is 0 Å². The van der Waals surface area contributed by atoms with Gasteiger partial charge in [-0.15, -0.1) is 0 Å². The van der Waals surface area contributed by atoms with Crippen LogP contribution in [-0.4, -0.2) is 24.5 Å². The molecule has 2 bridgehead atoms. The molecule has 3 unspecified atom stereocenters. The summed E-state index contributed by atoms with van der Waals surface area (Å²) in [5.74, 6) is 2.09. The van der Waals surface area contributed by atoms with Crippen LogP contribution in [0.5, 0.6) is 0 Å². The molecule has 3 aliphatic carbocycles. The number of halogens is 1. The third-order valence-corrected chi connectivity index (χ3v) is 8.33. The highest BCUT2D eigenvalue weighted by Gasteiger charge is 2.58. The van der Waals surface area contributed by atoms with Crippen LogP contribution in [0.4, 0.5) is 0 Å². The van der Waals surface area contributed by atoms with E-state index < -0.39 is 0 Å². The summed E-state index contributed by atoms with van der Waals surface area (Å²) in [6.45, 7) is 3.76. The largest absolute Gasteiger partial charge is 0.302 e. The van der Waals surface area contributed by atoms with Gasteiger partial charge in [-0.3, -0.25) is 0 Å². The summed E-state index contributed by atoms with van der Waals surface area (Å²) < 4.78 is 0. The van der Waals surface area contributed by atoms with Gasteiger partial charge < -0.3 is 4.90 Å². The fourth-order valence-electron chi connectivity index (χ4n) is 7.04. The summed E-state index contributed by atoms with van der Waals surface area (Å²) in [6, 6.07) is 16.0. The fourth-order valence-corrected chi connectivity index (χ4v) is 7.22. The van der Waals surface area contributed by atoms with E-state index in [2.05, 4.69) is 47.4 Å². The zero-order valence-electron chi connectivity index (χ0n) is 16.0. The first kappa shape index (κ1) is 16.6. The molecule has 2 heteroatoms. The van der Waals surface area contributed by atoms with Gasteiger partial charge in [-0.05, 0) is 59.6 Å². The molecule has 1 saturated heterocycles. The molecule has 0 aromatic heterocycles. The summed E-state index contributed by atoms with van der Waals surface area (Å²) in [6.07, 6.45) is 8.51. The van der Waals surface area contributed by atoms with Crippen LogP contribution in [0.3, 0.4) is 0 Å². The Morgan fingerprint density at radius 3 is 2.70 bits per heavy atom. The zero-order chi connectivity index (χ0) is 18.0. The molecule has 2 fully saturated rings. The molecule has 3 atom stereocenters. The van der Waals surface area contributed by atoms with Crippen molar-refractivity contribution in [1.29, 1.82) is 0 Å². The first-order valence-electron chi connectivity index (χ1n) is 10.9. The molecule has 0 radical (unpaired) electrons. The van der Waals surface area contributed by atoms with Crippen molar-refractivity contribution in [3.63, 3.8) is 0 Å². The Morgan fingerprint density at radius 1 is 0.963 bits per heavy atom. The maximum absolute atomic E-state index is 6.47. The Morgan fingerprint density at radius 2 is 1.81 bits per heavy atom. The van der Waals surface area contributed by atoms with Crippen molar-refractivity contribution >= 4 is 11.6 Å². The number of hydrogen-bond donors (Lipinski definition) is 0. The van der Waals surface area contributed by atoms with Gasteiger partial charge in [0.05, 0.1) is 0 Å². The summed E-state index contributed by atoms with van der Waals surface area (Å²) in [5, 5.41) is 0.903. The number of nitrogens with zero attached hydrogens (tertiary/aromatic N) is 1. The fraction of sp³-hybridized carbons (Fsp3) is 0.520. The lowest BCUT2D eigenvalue weighted by Gasteiger charge is -2.37. The minimum Gasteiger partial charge on any atom is -0.302 e. The van der Waals surface area contributed by atoms with Crippen LogP contribution in [0.1, 0.15) is 72.6 Å². The molecular formula is C25H28ClN. The van der Waals surface area contributed by atoms with Crippen molar-refractivity contribution in [2.24, 2.45) is 5.92 Å². The Labute approximate surface area is 167 Å². The van der Waals surface area contributed by atoms with Gasteiger partial charge >= 0.3 is 0 Å². The predicted molar refractivity (Wildman–Crippen MR) is 112 cm³/mol. The Kier molecular flexibility index (Phi) is 3.75. The molecule has 6 rings (SSSR count). The molecule has 1 nitrogen and oxygen atoms in total. The molecule has 1 spiro atoms. The molecule has 1 heterocycles. The third kappa shape index (κ3) is 2.41. The van der Waals surface area contributed by atoms with Crippen molar-refractivity contribution in [3.8, 4) is 0 Å². The Bertz CT molecular complexity index is 884. The summed E-state index contributed by atoms with van der Waals surface area (Å²) in [7, 11) is 0. The van der Waals surface area contributed by atoms with E-state index in [0.29, 0.717) is 17.3 Å². The number of likely N-dealkylation sites (tertiary alicyclic amines) is 1. The quantitative estimate of drug-likeness (QED) is 0.610. The van der Waals surface area contributed by atoms with Crippen LogP contribution in [0.2, 0.25) is 5.02 Å². The molecule has 2 aromatic carbocycles. The van der Waals surface area contributed by atoms with Gasteiger partial charge in [0, 0.05) is 41.9 Å². The van der Waals surface area contributed by atoms with E-state index in [9.17, 15) is 0 Å². The van der Waals surface area contributed by atoms with Crippen molar-refractivity contribution < 1.29 is 0 Å². The molecule has 0 amide bonds.